The molecule has 1 saturated heterocycles. The molecule has 0 amide bonds. The zero-order valence-electron chi connectivity index (χ0n) is 19.3. The zero-order chi connectivity index (χ0) is 23.8. The maximum absolute atomic E-state index is 13.0. The number of carbonyl (C=O) groups excluding carboxylic acids is 2. The highest BCUT2D eigenvalue weighted by Crippen LogP contribution is 2.44. The molecule has 2 aliphatic heterocycles. The summed E-state index contributed by atoms with van der Waals surface area (Å²) in [5.74, 6) is 0.190. The van der Waals surface area contributed by atoms with Crippen LogP contribution < -0.4 is 0 Å². The second kappa shape index (κ2) is 11.7. The van der Waals surface area contributed by atoms with Gasteiger partial charge in [-0.05, 0) is 17.5 Å². The number of hydrogen-bond donors (Lipinski definition) is 1. The molecule has 0 spiro atoms. The van der Waals surface area contributed by atoms with Gasteiger partial charge in [0.25, 0.3) is 0 Å². The molecule has 0 aliphatic carbocycles. The van der Waals surface area contributed by atoms with Gasteiger partial charge in [0.05, 0.1) is 19.6 Å². The summed E-state index contributed by atoms with van der Waals surface area (Å²) < 4.78 is 11.4. The first-order chi connectivity index (χ1) is 16.6. The van der Waals surface area contributed by atoms with Crippen LogP contribution in [0.25, 0.3) is 0 Å². The van der Waals surface area contributed by atoms with Gasteiger partial charge in [0.2, 0.25) is 0 Å². The molecule has 1 N–H and O–H groups in total. The maximum atomic E-state index is 13.0. The standard InChI is InChI=1S/C27H31NO5S/c29-23(12-14-28-15-17-32-18-16-28)11-13-27(22-9-5-2-6-10-22)19-24(30)25(26(31)33-27)34-20-21-7-3-1-4-8-21/h1-10,30H,11-20H2. The Morgan fingerprint density at radius 3 is 2.35 bits per heavy atom. The minimum atomic E-state index is -1.05. The number of rotatable bonds is 10. The number of hydrogen-bond acceptors (Lipinski definition) is 7. The van der Waals surface area contributed by atoms with E-state index in [9.17, 15) is 14.7 Å². The van der Waals surface area contributed by atoms with Gasteiger partial charge in [-0.15, -0.1) is 11.8 Å². The average Bonchev–Trinajstić information content (AvgIpc) is 2.87. The molecule has 180 valence electrons. The molecule has 34 heavy (non-hydrogen) atoms. The van der Waals surface area contributed by atoms with E-state index in [1.54, 1.807) is 0 Å². The first-order valence-corrected chi connectivity index (χ1v) is 12.7. The van der Waals surface area contributed by atoms with Crippen LogP contribution in [0.3, 0.4) is 0 Å². The number of morpholine rings is 1. The number of aliphatic hydroxyl groups excluding tert-OH is 1. The monoisotopic (exact) mass is 481 g/mol. The van der Waals surface area contributed by atoms with Crippen molar-refractivity contribution < 1.29 is 24.2 Å². The Hall–Kier alpha value is -2.61. The third kappa shape index (κ3) is 6.29. The molecule has 0 radical (unpaired) electrons. The van der Waals surface area contributed by atoms with E-state index in [0.29, 0.717) is 38.4 Å². The lowest BCUT2D eigenvalue weighted by molar-refractivity contribution is -0.161. The molecule has 6 nitrogen and oxygen atoms in total. The van der Waals surface area contributed by atoms with Crippen molar-refractivity contribution in [2.45, 2.75) is 37.0 Å². The van der Waals surface area contributed by atoms with E-state index < -0.39 is 11.6 Å². The molecular weight excluding hydrogens is 450 g/mol. The molecule has 2 aliphatic rings. The molecule has 4 rings (SSSR count). The minimum absolute atomic E-state index is 0.0294. The van der Waals surface area contributed by atoms with Crippen LogP contribution in [0.1, 0.15) is 36.8 Å². The van der Waals surface area contributed by atoms with Gasteiger partial charge in [-0.3, -0.25) is 9.69 Å². The summed E-state index contributed by atoms with van der Waals surface area (Å²) in [7, 11) is 0. The third-order valence-electron chi connectivity index (χ3n) is 6.33. The van der Waals surface area contributed by atoms with Crippen LogP contribution in [0.4, 0.5) is 0 Å². The van der Waals surface area contributed by atoms with E-state index in [1.807, 2.05) is 60.7 Å². The number of carbonyl (C=O) groups is 2. The minimum Gasteiger partial charge on any atom is -0.511 e. The number of cyclic esters (lactones) is 1. The van der Waals surface area contributed by atoms with E-state index in [2.05, 4.69) is 4.90 Å². The third-order valence-corrected chi connectivity index (χ3v) is 7.50. The number of Topliss-reactive ketones (excluding diaryl/α,β-unsaturated/α-hetero) is 1. The number of nitrogens with zero attached hydrogens (tertiary/aromatic N) is 1. The number of esters is 1. The Kier molecular flexibility index (Phi) is 8.43. The summed E-state index contributed by atoms with van der Waals surface area (Å²) >= 11 is 1.28. The van der Waals surface area contributed by atoms with Crippen molar-refractivity contribution in [1.82, 2.24) is 4.90 Å². The van der Waals surface area contributed by atoms with Crippen molar-refractivity contribution in [3.8, 4) is 0 Å². The number of ketones is 1. The topological polar surface area (TPSA) is 76.1 Å². The van der Waals surface area contributed by atoms with Crippen LogP contribution in [0, 0.1) is 0 Å². The smallest absolute Gasteiger partial charge is 0.348 e. The van der Waals surface area contributed by atoms with Crippen LogP contribution in [0.2, 0.25) is 0 Å². The quantitative estimate of drug-likeness (QED) is 0.497. The van der Waals surface area contributed by atoms with E-state index in [0.717, 1.165) is 24.2 Å². The zero-order valence-corrected chi connectivity index (χ0v) is 20.1. The lowest BCUT2D eigenvalue weighted by Gasteiger charge is -2.37. The van der Waals surface area contributed by atoms with Crippen molar-refractivity contribution in [1.29, 1.82) is 0 Å². The Morgan fingerprint density at radius 2 is 1.68 bits per heavy atom. The lowest BCUT2D eigenvalue weighted by Crippen LogP contribution is -2.39. The van der Waals surface area contributed by atoms with E-state index >= 15 is 0 Å². The average molecular weight is 482 g/mol. The fraction of sp³-hybridized carbons (Fsp3) is 0.407. The molecule has 2 aromatic rings. The predicted molar refractivity (Wildman–Crippen MR) is 132 cm³/mol. The summed E-state index contributed by atoms with van der Waals surface area (Å²) in [4.78, 5) is 28.2. The SMILES string of the molecule is O=C(CCN1CCOCC1)CCC1(c2ccccc2)CC(O)=C(SCc2ccccc2)C(=O)O1. The van der Waals surface area contributed by atoms with Crippen molar-refractivity contribution in [3.05, 3.63) is 82.5 Å². The Balaban J connectivity index is 1.44. The molecule has 7 heteroatoms. The van der Waals surface area contributed by atoms with Gasteiger partial charge in [-0.25, -0.2) is 4.79 Å². The number of aliphatic hydroxyl groups is 1. The van der Waals surface area contributed by atoms with Gasteiger partial charge >= 0.3 is 5.97 Å². The van der Waals surface area contributed by atoms with Gasteiger partial charge in [0.15, 0.2) is 0 Å². The molecular formula is C27H31NO5S. The molecule has 0 bridgehead atoms. The fourth-order valence-electron chi connectivity index (χ4n) is 4.36. The Morgan fingerprint density at radius 1 is 1.00 bits per heavy atom. The van der Waals surface area contributed by atoms with Crippen LogP contribution in [-0.2, 0) is 30.4 Å². The first-order valence-electron chi connectivity index (χ1n) is 11.8. The molecule has 1 fully saturated rings. The van der Waals surface area contributed by atoms with Crippen LogP contribution in [0.5, 0.6) is 0 Å². The second-order valence-corrected chi connectivity index (χ2v) is 9.70. The predicted octanol–water partition coefficient (Wildman–Crippen LogP) is 4.60. The van der Waals surface area contributed by atoms with Crippen molar-refractivity contribution in [2.24, 2.45) is 0 Å². The summed E-state index contributed by atoms with van der Waals surface area (Å²) in [6.45, 7) is 3.82. The van der Waals surface area contributed by atoms with Crippen molar-refractivity contribution in [2.75, 3.05) is 32.8 Å². The van der Waals surface area contributed by atoms with Gasteiger partial charge in [0, 0.05) is 38.2 Å². The molecule has 1 unspecified atom stereocenters. The van der Waals surface area contributed by atoms with Gasteiger partial charge in [0.1, 0.15) is 22.0 Å². The second-order valence-electron chi connectivity index (χ2n) is 8.72. The van der Waals surface area contributed by atoms with Crippen LogP contribution in [-0.4, -0.2) is 54.6 Å². The largest absolute Gasteiger partial charge is 0.511 e. The van der Waals surface area contributed by atoms with Gasteiger partial charge < -0.3 is 14.6 Å². The number of ether oxygens (including phenoxy) is 2. The highest BCUT2D eigenvalue weighted by molar-refractivity contribution is 8.03. The molecule has 0 aromatic heterocycles. The van der Waals surface area contributed by atoms with Gasteiger partial charge in [-0.1, -0.05) is 60.7 Å². The number of thioether (sulfide) groups is 1. The van der Waals surface area contributed by atoms with Crippen LogP contribution in [0.15, 0.2) is 71.3 Å². The maximum Gasteiger partial charge on any atom is 0.348 e. The summed E-state index contributed by atoms with van der Waals surface area (Å²) in [5.41, 5.74) is 0.808. The summed E-state index contributed by atoms with van der Waals surface area (Å²) in [5, 5.41) is 10.9. The Bertz CT molecular complexity index is 1000. The normalized spacial score (nSPS) is 21.4. The molecule has 1 atom stereocenters. The summed E-state index contributed by atoms with van der Waals surface area (Å²) in [6.07, 6.45) is 1.24. The number of benzene rings is 2. The van der Waals surface area contributed by atoms with Gasteiger partial charge in [-0.2, -0.15) is 0 Å². The van der Waals surface area contributed by atoms with Crippen molar-refractivity contribution >= 4 is 23.5 Å². The first kappa shape index (κ1) is 24.5. The van der Waals surface area contributed by atoms with Crippen molar-refractivity contribution in [3.63, 3.8) is 0 Å². The Labute approximate surface area is 204 Å². The molecule has 0 saturated carbocycles. The van der Waals surface area contributed by atoms with E-state index in [1.165, 1.54) is 11.8 Å². The lowest BCUT2D eigenvalue weighted by atomic mass is 9.83. The molecule has 2 aromatic carbocycles. The van der Waals surface area contributed by atoms with Crippen LogP contribution >= 0.6 is 11.8 Å². The molecule has 2 heterocycles. The van der Waals surface area contributed by atoms with E-state index in [4.69, 9.17) is 9.47 Å². The summed E-state index contributed by atoms with van der Waals surface area (Å²) in [6, 6.07) is 19.2. The highest BCUT2D eigenvalue weighted by atomic mass is 32.2. The highest BCUT2D eigenvalue weighted by Gasteiger charge is 2.43. The fourth-order valence-corrected chi connectivity index (χ4v) is 5.26. The van der Waals surface area contributed by atoms with E-state index in [-0.39, 0.29) is 29.3 Å².